The number of hydrogen-bond acceptors (Lipinski definition) is 5. The number of unbranched alkanes of at least 4 members (excludes halogenated alkanes) is 1. The summed E-state index contributed by atoms with van der Waals surface area (Å²) in [5.41, 5.74) is 1.74. The molecule has 0 fully saturated rings. The van der Waals surface area contributed by atoms with E-state index in [1.807, 2.05) is 33.8 Å². The van der Waals surface area contributed by atoms with Gasteiger partial charge in [-0.25, -0.2) is 4.79 Å². The van der Waals surface area contributed by atoms with Gasteiger partial charge in [0.15, 0.2) is 6.79 Å². The zero-order valence-corrected chi connectivity index (χ0v) is 19.8. The average Bonchev–Trinajstić information content (AvgIpc) is 2.76. The van der Waals surface area contributed by atoms with E-state index in [-0.39, 0.29) is 6.79 Å². The first-order valence-electron chi connectivity index (χ1n) is 10.0. The van der Waals surface area contributed by atoms with Crippen LogP contribution in [0.5, 0.6) is 0 Å². The van der Waals surface area contributed by atoms with E-state index >= 15 is 0 Å². The Hall–Kier alpha value is -1.95. The normalized spacial score (nSPS) is 10.0. The Morgan fingerprint density at radius 3 is 1.97 bits per heavy atom. The molecule has 0 amide bonds. The molecule has 0 N–H and O–H groups in total. The number of esters is 1. The molecular formula is C24H44O5. The van der Waals surface area contributed by atoms with Crippen LogP contribution in [0.4, 0.5) is 0 Å². The molecule has 0 aliphatic heterocycles. The second-order valence-corrected chi connectivity index (χ2v) is 4.88. The van der Waals surface area contributed by atoms with Crippen molar-refractivity contribution in [2.24, 2.45) is 0 Å². The van der Waals surface area contributed by atoms with Crippen LogP contribution in [0.3, 0.4) is 0 Å². The van der Waals surface area contributed by atoms with Crippen LogP contribution in [0, 0.1) is 0 Å². The molecule has 29 heavy (non-hydrogen) atoms. The third kappa shape index (κ3) is 31.0. The van der Waals surface area contributed by atoms with Crippen molar-refractivity contribution in [2.45, 2.75) is 53.9 Å². The second kappa shape index (κ2) is 33.6. The molecule has 0 heterocycles. The summed E-state index contributed by atoms with van der Waals surface area (Å²) in [6, 6.07) is 0. The van der Waals surface area contributed by atoms with E-state index in [1.54, 1.807) is 7.11 Å². The fraction of sp³-hybridized carbons (Fsp3) is 0.542. The first-order valence-corrected chi connectivity index (χ1v) is 10.0. The van der Waals surface area contributed by atoms with Crippen LogP contribution in [-0.2, 0) is 23.7 Å². The lowest BCUT2D eigenvalue weighted by molar-refractivity contribution is -0.148. The van der Waals surface area contributed by atoms with E-state index in [1.165, 1.54) is 30.9 Å². The molecule has 0 aliphatic carbocycles. The molecular weight excluding hydrogens is 368 g/mol. The Morgan fingerprint density at radius 1 is 0.931 bits per heavy atom. The number of rotatable bonds is 13. The lowest BCUT2D eigenvalue weighted by Gasteiger charge is -2.02. The van der Waals surface area contributed by atoms with Crippen LogP contribution in [0.15, 0.2) is 61.3 Å². The molecule has 0 saturated heterocycles. The van der Waals surface area contributed by atoms with E-state index in [0.29, 0.717) is 12.4 Å². The molecule has 0 unspecified atom stereocenters. The van der Waals surface area contributed by atoms with E-state index < -0.39 is 5.97 Å². The number of ether oxygens (including phenoxy) is 4. The van der Waals surface area contributed by atoms with Crippen molar-refractivity contribution in [3.8, 4) is 0 Å². The number of methoxy groups -OCH3 is 2. The molecule has 5 nitrogen and oxygen atoms in total. The van der Waals surface area contributed by atoms with Crippen LogP contribution in [0.25, 0.3) is 0 Å². The van der Waals surface area contributed by atoms with Crippen LogP contribution in [0.1, 0.15) is 53.9 Å². The third-order valence-electron chi connectivity index (χ3n) is 2.77. The van der Waals surface area contributed by atoms with Gasteiger partial charge < -0.3 is 18.9 Å². The van der Waals surface area contributed by atoms with Crippen LogP contribution < -0.4 is 0 Å². The van der Waals surface area contributed by atoms with Gasteiger partial charge in [0.25, 0.3) is 0 Å². The minimum atomic E-state index is -0.466. The zero-order chi connectivity index (χ0) is 23.3. The first-order chi connectivity index (χ1) is 14.1. The Kier molecular flexibility index (Phi) is 40.1. The lowest BCUT2D eigenvalue weighted by atomic mass is 10.1. The van der Waals surface area contributed by atoms with Gasteiger partial charge in [-0.2, -0.15) is 0 Å². The fourth-order valence-corrected chi connectivity index (χ4v) is 1.47. The van der Waals surface area contributed by atoms with Crippen molar-refractivity contribution in [1.29, 1.82) is 0 Å². The summed E-state index contributed by atoms with van der Waals surface area (Å²) < 4.78 is 19.1. The predicted molar refractivity (Wildman–Crippen MR) is 125 cm³/mol. The van der Waals surface area contributed by atoms with Crippen LogP contribution in [0.2, 0.25) is 0 Å². The topological polar surface area (TPSA) is 54.0 Å². The summed E-state index contributed by atoms with van der Waals surface area (Å²) in [4.78, 5) is 11.0. The average molecular weight is 413 g/mol. The van der Waals surface area contributed by atoms with Crippen molar-refractivity contribution in [1.82, 2.24) is 0 Å². The van der Waals surface area contributed by atoms with E-state index in [4.69, 9.17) is 9.47 Å². The van der Waals surface area contributed by atoms with Crippen molar-refractivity contribution in [3.63, 3.8) is 0 Å². The van der Waals surface area contributed by atoms with Gasteiger partial charge in [-0.15, -0.1) is 6.58 Å². The largest absolute Gasteiger partial charge is 0.435 e. The molecule has 5 heteroatoms. The maximum Gasteiger partial charge on any atom is 0.340 e. The second-order valence-electron chi connectivity index (χ2n) is 4.88. The van der Waals surface area contributed by atoms with Gasteiger partial charge in [-0.1, -0.05) is 70.7 Å². The molecule has 0 aromatic heterocycles. The number of hydrogen-bond donors (Lipinski definition) is 0. The zero-order valence-electron chi connectivity index (χ0n) is 19.8. The van der Waals surface area contributed by atoms with E-state index in [9.17, 15) is 4.79 Å². The number of carbonyl (C=O) groups is 1. The summed E-state index contributed by atoms with van der Waals surface area (Å²) in [5, 5.41) is 0. The molecule has 0 aliphatic rings. The highest BCUT2D eigenvalue weighted by Gasteiger charge is 2.04. The maximum absolute atomic E-state index is 11.0. The maximum atomic E-state index is 11.0. The highest BCUT2D eigenvalue weighted by Crippen LogP contribution is 2.03. The molecule has 0 bridgehead atoms. The molecule has 0 aromatic rings. The quantitative estimate of drug-likeness (QED) is 0.0875. The molecule has 0 rings (SSSR count). The van der Waals surface area contributed by atoms with Gasteiger partial charge in [-0.05, 0) is 32.3 Å². The number of allylic oxidation sites excluding steroid dienone is 4. The van der Waals surface area contributed by atoms with E-state index in [0.717, 1.165) is 25.9 Å². The molecule has 0 saturated carbocycles. The lowest BCUT2D eigenvalue weighted by Crippen LogP contribution is -2.08. The molecule has 170 valence electrons. The molecule has 0 aromatic carbocycles. The van der Waals surface area contributed by atoms with Gasteiger partial charge in [-0.3, -0.25) is 0 Å². The highest BCUT2D eigenvalue weighted by molar-refractivity contribution is 5.91. The van der Waals surface area contributed by atoms with Gasteiger partial charge in [0.1, 0.15) is 6.79 Å². The Labute approximate surface area is 179 Å². The standard InChI is InChI=1S/C11H20O2.C9H12O3.2C2H6/c1-4-5-6-7-11(2)8-9-13-10-12-3;1-4-6-8(5-2)9(10)12-7-11-3;2*1-2/h4,7H,1,5-6,8-10H2,2-3H3;4-6H,1-2,7H2,3H3;2*1-2H3/b11-7+;8-6+;;. The number of carbonyl (C=O) groups excluding carboxylic acids is 1. The summed E-state index contributed by atoms with van der Waals surface area (Å²) in [5.74, 6) is -0.466. The van der Waals surface area contributed by atoms with Crippen molar-refractivity contribution >= 4 is 5.97 Å². The summed E-state index contributed by atoms with van der Waals surface area (Å²) in [6.45, 7) is 21.8. The Morgan fingerprint density at radius 2 is 1.52 bits per heavy atom. The van der Waals surface area contributed by atoms with Crippen molar-refractivity contribution in [3.05, 3.63) is 61.3 Å². The predicted octanol–water partition coefficient (Wildman–Crippen LogP) is 6.39. The minimum absolute atomic E-state index is 0.0544. The van der Waals surface area contributed by atoms with Gasteiger partial charge in [0.05, 0.1) is 12.2 Å². The Bertz CT molecular complexity index is 437. The Balaban J connectivity index is -0.000000184. The van der Waals surface area contributed by atoms with Gasteiger partial charge in [0.2, 0.25) is 0 Å². The van der Waals surface area contributed by atoms with Crippen LogP contribution in [-0.4, -0.2) is 40.4 Å². The molecule has 0 radical (unpaired) electrons. The van der Waals surface area contributed by atoms with Gasteiger partial charge in [0, 0.05) is 14.2 Å². The monoisotopic (exact) mass is 412 g/mol. The SMILES string of the molecule is C=C/C=C(\C=C)C(=O)OCOC.C=CCC/C=C(\C)CCOCOC.CC.CC. The molecule has 0 atom stereocenters. The summed E-state index contributed by atoms with van der Waals surface area (Å²) >= 11 is 0. The third-order valence-corrected chi connectivity index (χ3v) is 2.77. The minimum Gasteiger partial charge on any atom is -0.435 e. The fourth-order valence-electron chi connectivity index (χ4n) is 1.47. The first kappa shape index (κ1) is 34.5. The molecule has 0 spiro atoms. The van der Waals surface area contributed by atoms with Crippen molar-refractivity contribution < 1.29 is 23.7 Å². The summed E-state index contributed by atoms with van der Waals surface area (Å²) in [7, 11) is 3.07. The summed E-state index contributed by atoms with van der Waals surface area (Å²) in [6.07, 6.45) is 11.7. The highest BCUT2D eigenvalue weighted by atomic mass is 16.7. The van der Waals surface area contributed by atoms with Gasteiger partial charge >= 0.3 is 5.97 Å². The van der Waals surface area contributed by atoms with Crippen LogP contribution >= 0.6 is 0 Å². The van der Waals surface area contributed by atoms with E-state index in [2.05, 4.69) is 42.2 Å². The van der Waals surface area contributed by atoms with Crippen molar-refractivity contribution in [2.75, 3.05) is 34.4 Å². The smallest absolute Gasteiger partial charge is 0.340 e.